The summed E-state index contributed by atoms with van der Waals surface area (Å²) in [5, 5.41) is 3.54. The largest absolute Gasteiger partial charge is 0.314 e. The summed E-state index contributed by atoms with van der Waals surface area (Å²) in [7, 11) is 0. The van der Waals surface area contributed by atoms with Gasteiger partial charge in [-0.2, -0.15) is 0 Å². The fourth-order valence-corrected chi connectivity index (χ4v) is 3.24. The molecule has 1 aliphatic heterocycles. The third kappa shape index (κ3) is 3.10. The van der Waals surface area contributed by atoms with E-state index in [9.17, 15) is 0 Å². The van der Waals surface area contributed by atoms with Gasteiger partial charge in [-0.05, 0) is 76.1 Å². The van der Waals surface area contributed by atoms with Crippen LogP contribution in [0.5, 0.6) is 0 Å². The average Bonchev–Trinajstić information content (AvgIpc) is 2.23. The van der Waals surface area contributed by atoms with Crippen LogP contribution in [0.2, 0.25) is 0 Å². The van der Waals surface area contributed by atoms with Crippen LogP contribution < -0.4 is 5.32 Å². The highest BCUT2D eigenvalue weighted by molar-refractivity contribution is 5.37. The second kappa shape index (κ2) is 5.22. The Kier molecular flexibility index (Phi) is 3.88. The Morgan fingerprint density at radius 2 is 1.82 bits per heavy atom. The van der Waals surface area contributed by atoms with Crippen molar-refractivity contribution in [2.24, 2.45) is 5.92 Å². The summed E-state index contributed by atoms with van der Waals surface area (Å²) < 4.78 is 0. The predicted molar refractivity (Wildman–Crippen MR) is 74.5 cm³/mol. The minimum absolute atomic E-state index is 0.694. The number of benzene rings is 1. The van der Waals surface area contributed by atoms with E-state index in [4.69, 9.17) is 0 Å². The van der Waals surface area contributed by atoms with E-state index in [1.807, 2.05) is 0 Å². The van der Waals surface area contributed by atoms with Crippen molar-refractivity contribution in [2.45, 2.75) is 53.0 Å². The monoisotopic (exact) mass is 231 g/mol. The van der Waals surface area contributed by atoms with Gasteiger partial charge in [0.25, 0.3) is 0 Å². The lowest BCUT2D eigenvalue weighted by molar-refractivity contribution is 0.313. The highest BCUT2D eigenvalue weighted by Gasteiger charge is 2.19. The Morgan fingerprint density at radius 3 is 2.41 bits per heavy atom. The van der Waals surface area contributed by atoms with Gasteiger partial charge in [-0.15, -0.1) is 0 Å². The van der Waals surface area contributed by atoms with Crippen molar-refractivity contribution in [2.75, 3.05) is 6.54 Å². The van der Waals surface area contributed by atoms with Crippen LogP contribution in [0.1, 0.15) is 42.0 Å². The van der Waals surface area contributed by atoms with Gasteiger partial charge in [0, 0.05) is 6.04 Å². The lowest BCUT2D eigenvalue weighted by Crippen LogP contribution is -2.36. The molecular formula is C16H25N. The van der Waals surface area contributed by atoms with E-state index in [0.717, 1.165) is 5.92 Å². The minimum Gasteiger partial charge on any atom is -0.314 e. The Bertz CT molecular complexity index is 372. The quantitative estimate of drug-likeness (QED) is 0.821. The molecule has 1 heterocycles. The van der Waals surface area contributed by atoms with Crippen molar-refractivity contribution in [3.8, 4) is 0 Å². The van der Waals surface area contributed by atoms with E-state index < -0.39 is 0 Å². The van der Waals surface area contributed by atoms with Crippen molar-refractivity contribution in [1.29, 1.82) is 0 Å². The van der Waals surface area contributed by atoms with Crippen molar-refractivity contribution < 1.29 is 0 Å². The van der Waals surface area contributed by atoms with Crippen molar-refractivity contribution in [1.82, 2.24) is 5.32 Å². The molecule has 1 N–H and O–H groups in total. The fourth-order valence-electron chi connectivity index (χ4n) is 3.24. The summed E-state index contributed by atoms with van der Waals surface area (Å²) in [4.78, 5) is 0. The summed E-state index contributed by atoms with van der Waals surface area (Å²) >= 11 is 0. The van der Waals surface area contributed by atoms with Gasteiger partial charge in [0.1, 0.15) is 0 Å². The molecular weight excluding hydrogens is 206 g/mol. The average molecular weight is 231 g/mol. The Morgan fingerprint density at radius 1 is 1.18 bits per heavy atom. The highest BCUT2D eigenvalue weighted by atomic mass is 14.9. The summed E-state index contributed by atoms with van der Waals surface area (Å²) in [6, 6.07) is 5.35. The lowest BCUT2D eigenvalue weighted by Gasteiger charge is -2.29. The third-order valence-corrected chi connectivity index (χ3v) is 4.07. The maximum absolute atomic E-state index is 3.54. The summed E-state index contributed by atoms with van der Waals surface area (Å²) in [6.45, 7) is 10.2. The first-order valence-corrected chi connectivity index (χ1v) is 6.86. The van der Waals surface area contributed by atoms with Crippen LogP contribution in [0.3, 0.4) is 0 Å². The standard InChI is InChI=1S/C16H25N/c1-11-7-12(2)16(13(3)8-11)10-15-5-6-17-14(4)9-15/h7-8,14-15,17H,5-6,9-10H2,1-4H3. The third-order valence-electron chi connectivity index (χ3n) is 4.07. The Labute approximate surface area is 106 Å². The number of hydrogen-bond donors (Lipinski definition) is 1. The van der Waals surface area contributed by atoms with E-state index in [-0.39, 0.29) is 0 Å². The van der Waals surface area contributed by atoms with E-state index in [0.29, 0.717) is 6.04 Å². The van der Waals surface area contributed by atoms with E-state index in [2.05, 4.69) is 45.1 Å². The van der Waals surface area contributed by atoms with Gasteiger partial charge in [-0.25, -0.2) is 0 Å². The van der Waals surface area contributed by atoms with Crippen molar-refractivity contribution in [3.63, 3.8) is 0 Å². The molecule has 1 nitrogen and oxygen atoms in total. The molecule has 17 heavy (non-hydrogen) atoms. The van der Waals surface area contributed by atoms with Gasteiger partial charge in [-0.1, -0.05) is 17.7 Å². The first-order valence-electron chi connectivity index (χ1n) is 6.86. The maximum atomic E-state index is 3.54. The van der Waals surface area contributed by atoms with Crippen molar-refractivity contribution in [3.05, 3.63) is 34.4 Å². The maximum Gasteiger partial charge on any atom is 0.00414 e. The van der Waals surface area contributed by atoms with Gasteiger partial charge in [-0.3, -0.25) is 0 Å². The van der Waals surface area contributed by atoms with Crippen LogP contribution in [-0.4, -0.2) is 12.6 Å². The summed E-state index contributed by atoms with van der Waals surface area (Å²) in [5.74, 6) is 0.867. The molecule has 0 aliphatic carbocycles. The molecule has 0 amide bonds. The molecule has 2 atom stereocenters. The van der Waals surface area contributed by atoms with Gasteiger partial charge >= 0.3 is 0 Å². The van der Waals surface area contributed by atoms with Gasteiger partial charge in [0.2, 0.25) is 0 Å². The molecule has 2 rings (SSSR count). The summed E-state index contributed by atoms with van der Waals surface area (Å²) in [6.07, 6.45) is 3.92. The Balaban J connectivity index is 2.12. The molecule has 0 radical (unpaired) electrons. The second-order valence-corrected chi connectivity index (χ2v) is 5.83. The fraction of sp³-hybridized carbons (Fsp3) is 0.625. The summed E-state index contributed by atoms with van der Waals surface area (Å²) in [5.41, 5.74) is 5.94. The van der Waals surface area contributed by atoms with Gasteiger partial charge < -0.3 is 5.32 Å². The van der Waals surface area contributed by atoms with Crippen molar-refractivity contribution >= 4 is 0 Å². The minimum atomic E-state index is 0.694. The molecule has 1 aliphatic rings. The van der Waals surface area contributed by atoms with Gasteiger partial charge in [0.05, 0.1) is 0 Å². The zero-order chi connectivity index (χ0) is 12.4. The first kappa shape index (κ1) is 12.6. The number of aryl methyl sites for hydroxylation is 3. The van der Waals surface area contributed by atoms with E-state index in [1.54, 1.807) is 5.56 Å². The first-order chi connectivity index (χ1) is 8.06. The number of piperidine rings is 1. The molecule has 94 valence electrons. The number of hydrogen-bond acceptors (Lipinski definition) is 1. The second-order valence-electron chi connectivity index (χ2n) is 5.83. The number of rotatable bonds is 2. The molecule has 1 fully saturated rings. The van der Waals surface area contributed by atoms with Crippen LogP contribution in [0.4, 0.5) is 0 Å². The van der Waals surface area contributed by atoms with Crippen LogP contribution in [0.25, 0.3) is 0 Å². The number of nitrogens with one attached hydrogen (secondary N) is 1. The molecule has 1 aromatic carbocycles. The molecule has 0 saturated carbocycles. The zero-order valence-electron chi connectivity index (χ0n) is 11.6. The molecule has 0 bridgehead atoms. The van der Waals surface area contributed by atoms with E-state index >= 15 is 0 Å². The smallest absolute Gasteiger partial charge is 0.00414 e. The molecule has 0 spiro atoms. The van der Waals surface area contributed by atoms with Crippen LogP contribution in [0, 0.1) is 26.7 Å². The normalized spacial score (nSPS) is 24.9. The molecule has 2 unspecified atom stereocenters. The Hall–Kier alpha value is -0.820. The molecule has 1 heteroatoms. The van der Waals surface area contributed by atoms with E-state index in [1.165, 1.54) is 42.5 Å². The SMILES string of the molecule is Cc1cc(C)c(CC2CCNC(C)C2)c(C)c1. The van der Waals surface area contributed by atoms with Crippen LogP contribution >= 0.6 is 0 Å². The zero-order valence-corrected chi connectivity index (χ0v) is 11.6. The topological polar surface area (TPSA) is 12.0 Å². The van der Waals surface area contributed by atoms with Crippen LogP contribution in [0.15, 0.2) is 12.1 Å². The predicted octanol–water partition coefficient (Wildman–Crippen LogP) is 3.54. The van der Waals surface area contributed by atoms with Gasteiger partial charge in [0.15, 0.2) is 0 Å². The van der Waals surface area contributed by atoms with Crippen LogP contribution in [-0.2, 0) is 6.42 Å². The highest BCUT2D eigenvalue weighted by Crippen LogP contribution is 2.25. The molecule has 1 saturated heterocycles. The lowest BCUT2D eigenvalue weighted by atomic mass is 9.84. The molecule has 0 aromatic heterocycles. The molecule has 1 aromatic rings.